The first-order chi connectivity index (χ1) is 7.47. The van der Waals surface area contributed by atoms with Gasteiger partial charge in [0, 0.05) is 12.0 Å². The Labute approximate surface area is 90.2 Å². The fraction of sp³-hybridized carbons (Fsp3) is 0.778. The second-order valence-electron chi connectivity index (χ2n) is 4.03. The Morgan fingerprint density at radius 2 is 2.19 bits per heavy atom. The molecule has 2 unspecified atom stereocenters. The average molecular weight is 235 g/mol. The monoisotopic (exact) mass is 235 g/mol. The van der Waals surface area contributed by atoms with Gasteiger partial charge < -0.3 is 9.84 Å². The van der Waals surface area contributed by atoms with Gasteiger partial charge in [0.2, 0.25) is 5.89 Å². The molecule has 1 fully saturated rings. The number of nitrogens with one attached hydrogen (secondary N) is 1. The zero-order chi connectivity index (χ0) is 11.8. The van der Waals surface area contributed by atoms with E-state index in [1.807, 2.05) is 6.92 Å². The summed E-state index contributed by atoms with van der Waals surface area (Å²) >= 11 is 0. The summed E-state index contributed by atoms with van der Waals surface area (Å²) in [5, 5.41) is 6.16. The van der Waals surface area contributed by atoms with Crippen LogP contribution in [0.1, 0.15) is 37.4 Å². The van der Waals surface area contributed by atoms with Gasteiger partial charge in [0.15, 0.2) is 0 Å². The van der Waals surface area contributed by atoms with Crippen molar-refractivity contribution < 1.29 is 17.7 Å². The van der Waals surface area contributed by atoms with Crippen LogP contribution in [0.4, 0.5) is 13.2 Å². The number of alkyl halides is 3. The summed E-state index contributed by atoms with van der Waals surface area (Å²) in [5.74, 6) is -1.16. The summed E-state index contributed by atoms with van der Waals surface area (Å²) in [4.78, 5) is 3.41. The predicted octanol–water partition coefficient (Wildman–Crippen LogP) is 1.94. The highest BCUT2D eigenvalue weighted by Crippen LogP contribution is 2.31. The lowest BCUT2D eigenvalue weighted by Crippen LogP contribution is -2.35. The van der Waals surface area contributed by atoms with Gasteiger partial charge in [-0.1, -0.05) is 5.16 Å². The maximum absolute atomic E-state index is 12.2. The molecule has 0 amide bonds. The van der Waals surface area contributed by atoms with Gasteiger partial charge in [0.05, 0.1) is 0 Å². The van der Waals surface area contributed by atoms with Crippen LogP contribution in [-0.4, -0.2) is 22.7 Å². The van der Waals surface area contributed by atoms with Crippen molar-refractivity contribution in [3.63, 3.8) is 0 Å². The Bertz CT molecular complexity index is 363. The van der Waals surface area contributed by atoms with Crippen molar-refractivity contribution in [1.82, 2.24) is 15.5 Å². The summed E-state index contributed by atoms with van der Waals surface area (Å²) < 4.78 is 41.4. The van der Waals surface area contributed by atoms with E-state index in [1.54, 1.807) is 0 Å². The molecule has 0 bridgehead atoms. The number of rotatable bonds is 1. The van der Waals surface area contributed by atoms with E-state index in [2.05, 4.69) is 20.0 Å². The van der Waals surface area contributed by atoms with E-state index in [1.165, 1.54) is 0 Å². The molecule has 16 heavy (non-hydrogen) atoms. The zero-order valence-electron chi connectivity index (χ0n) is 8.71. The van der Waals surface area contributed by atoms with Crippen molar-refractivity contribution in [2.24, 2.45) is 0 Å². The lowest BCUT2D eigenvalue weighted by atomic mass is 9.93. The maximum Gasteiger partial charge on any atom is 0.455 e. The molecular weight excluding hydrogens is 223 g/mol. The van der Waals surface area contributed by atoms with Crippen molar-refractivity contribution in [2.75, 3.05) is 6.54 Å². The van der Waals surface area contributed by atoms with E-state index < -0.39 is 12.0 Å². The average Bonchev–Trinajstić information content (AvgIpc) is 2.65. The van der Waals surface area contributed by atoms with E-state index in [9.17, 15) is 13.2 Å². The maximum atomic E-state index is 12.2. The molecule has 0 aliphatic carbocycles. The SMILES string of the molecule is CC1CC(c2nc(C(F)(F)F)no2)CCN1. The van der Waals surface area contributed by atoms with Gasteiger partial charge in [-0.2, -0.15) is 18.2 Å². The molecule has 4 nitrogen and oxygen atoms in total. The third-order valence-corrected chi connectivity index (χ3v) is 2.67. The van der Waals surface area contributed by atoms with Crippen molar-refractivity contribution in [1.29, 1.82) is 0 Å². The van der Waals surface area contributed by atoms with E-state index in [0.29, 0.717) is 0 Å². The third-order valence-electron chi connectivity index (χ3n) is 2.67. The van der Waals surface area contributed by atoms with Crippen molar-refractivity contribution in [3.8, 4) is 0 Å². The molecular formula is C9H12F3N3O. The van der Waals surface area contributed by atoms with Crippen LogP contribution in [0.3, 0.4) is 0 Å². The molecule has 2 atom stereocenters. The first kappa shape index (κ1) is 11.4. The van der Waals surface area contributed by atoms with Gasteiger partial charge in [0.25, 0.3) is 5.82 Å². The Balaban J connectivity index is 2.12. The highest BCUT2D eigenvalue weighted by Gasteiger charge is 2.38. The van der Waals surface area contributed by atoms with Crippen LogP contribution in [0, 0.1) is 0 Å². The normalized spacial score (nSPS) is 27.0. The summed E-state index contributed by atoms with van der Waals surface area (Å²) in [6.07, 6.45) is -3.08. The quantitative estimate of drug-likeness (QED) is 0.808. The molecule has 90 valence electrons. The molecule has 1 saturated heterocycles. The molecule has 0 aromatic carbocycles. The van der Waals surface area contributed by atoms with Crippen LogP contribution in [0.25, 0.3) is 0 Å². The standard InChI is InChI=1S/C9H12F3N3O/c1-5-4-6(2-3-13-5)7-14-8(15-16-7)9(10,11)12/h5-6,13H,2-4H2,1H3. The van der Waals surface area contributed by atoms with Crippen LogP contribution in [0.5, 0.6) is 0 Å². The lowest BCUT2D eigenvalue weighted by Gasteiger charge is -2.25. The Kier molecular flexibility index (Phi) is 2.88. The number of aromatic nitrogens is 2. The van der Waals surface area contributed by atoms with E-state index in [-0.39, 0.29) is 17.9 Å². The number of hydrogen-bond donors (Lipinski definition) is 1. The number of nitrogens with zero attached hydrogens (tertiary/aromatic N) is 2. The van der Waals surface area contributed by atoms with Gasteiger partial charge in [-0.15, -0.1) is 0 Å². The molecule has 7 heteroatoms. The first-order valence-corrected chi connectivity index (χ1v) is 5.11. The number of halogens is 3. The Morgan fingerprint density at radius 1 is 1.44 bits per heavy atom. The summed E-state index contributed by atoms with van der Waals surface area (Å²) in [6, 6.07) is 0.264. The van der Waals surface area contributed by atoms with Crippen LogP contribution < -0.4 is 5.32 Å². The van der Waals surface area contributed by atoms with Crippen LogP contribution in [0.2, 0.25) is 0 Å². The van der Waals surface area contributed by atoms with Crippen LogP contribution in [0.15, 0.2) is 4.52 Å². The van der Waals surface area contributed by atoms with Crippen LogP contribution in [-0.2, 0) is 6.18 Å². The molecule has 1 aliphatic heterocycles. The molecule has 2 heterocycles. The van der Waals surface area contributed by atoms with Gasteiger partial charge in [0.1, 0.15) is 0 Å². The lowest BCUT2D eigenvalue weighted by molar-refractivity contribution is -0.146. The predicted molar refractivity (Wildman–Crippen MR) is 48.7 cm³/mol. The highest BCUT2D eigenvalue weighted by molar-refractivity contribution is 4.99. The zero-order valence-corrected chi connectivity index (χ0v) is 8.71. The van der Waals surface area contributed by atoms with E-state index in [4.69, 9.17) is 0 Å². The summed E-state index contributed by atoms with van der Waals surface area (Å²) in [5.41, 5.74) is 0. The Morgan fingerprint density at radius 3 is 2.75 bits per heavy atom. The second kappa shape index (κ2) is 4.04. The summed E-state index contributed by atoms with van der Waals surface area (Å²) in [6.45, 7) is 2.74. The summed E-state index contributed by atoms with van der Waals surface area (Å²) in [7, 11) is 0. The molecule has 0 saturated carbocycles. The third kappa shape index (κ3) is 2.34. The minimum absolute atomic E-state index is 0.0696. The molecule has 1 aromatic rings. The number of piperidine rings is 1. The molecule has 1 aliphatic rings. The van der Waals surface area contributed by atoms with Gasteiger partial charge in [-0.05, 0) is 26.3 Å². The Hall–Kier alpha value is -1.11. The molecule has 0 radical (unpaired) electrons. The van der Waals surface area contributed by atoms with Crippen molar-refractivity contribution in [2.45, 2.75) is 37.9 Å². The fourth-order valence-electron chi connectivity index (χ4n) is 1.87. The smallest absolute Gasteiger partial charge is 0.339 e. The molecule has 1 aromatic heterocycles. The second-order valence-corrected chi connectivity index (χ2v) is 4.03. The molecule has 0 spiro atoms. The number of hydrogen-bond acceptors (Lipinski definition) is 4. The minimum Gasteiger partial charge on any atom is -0.339 e. The topological polar surface area (TPSA) is 51.0 Å². The molecule has 2 rings (SSSR count). The van der Waals surface area contributed by atoms with Gasteiger partial charge >= 0.3 is 6.18 Å². The van der Waals surface area contributed by atoms with E-state index >= 15 is 0 Å². The first-order valence-electron chi connectivity index (χ1n) is 5.11. The van der Waals surface area contributed by atoms with Gasteiger partial charge in [-0.3, -0.25) is 0 Å². The van der Waals surface area contributed by atoms with Crippen molar-refractivity contribution >= 4 is 0 Å². The van der Waals surface area contributed by atoms with Gasteiger partial charge in [-0.25, -0.2) is 0 Å². The minimum atomic E-state index is -4.53. The fourth-order valence-corrected chi connectivity index (χ4v) is 1.87. The van der Waals surface area contributed by atoms with Crippen LogP contribution >= 0.6 is 0 Å². The highest BCUT2D eigenvalue weighted by atomic mass is 19.4. The largest absolute Gasteiger partial charge is 0.455 e. The van der Waals surface area contributed by atoms with E-state index in [0.717, 1.165) is 19.4 Å². The van der Waals surface area contributed by atoms with Crippen molar-refractivity contribution in [3.05, 3.63) is 11.7 Å². The molecule has 1 N–H and O–H groups in total.